The van der Waals surface area contributed by atoms with Crippen LogP contribution in [0.15, 0.2) is 48.5 Å². The summed E-state index contributed by atoms with van der Waals surface area (Å²) in [5.41, 5.74) is 4.48. The second-order valence-corrected chi connectivity index (χ2v) is 9.81. The molecule has 2 fully saturated rings. The number of hydrogen-bond acceptors (Lipinski definition) is 5. The number of piperazine rings is 1. The van der Waals surface area contributed by atoms with Crippen LogP contribution in [0.25, 0.3) is 11.1 Å². The van der Waals surface area contributed by atoms with Gasteiger partial charge in [-0.05, 0) is 48.6 Å². The molecule has 2 aromatic carbocycles. The maximum Gasteiger partial charge on any atom is 0.407 e. The highest BCUT2D eigenvalue weighted by atomic mass is 16.5. The molecule has 8 nitrogen and oxygen atoms in total. The molecule has 0 radical (unpaired) electrons. The molecule has 2 bridgehead atoms. The van der Waals surface area contributed by atoms with Crippen molar-refractivity contribution in [3.8, 4) is 11.1 Å². The summed E-state index contributed by atoms with van der Waals surface area (Å²) in [7, 11) is 2.05. The number of carbonyl (C=O) groups excluding carboxylic acids is 2. The number of likely N-dealkylation sites (N-methyl/N-ethyl adjacent to an activating group) is 1. The molecule has 2 amide bonds. The predicted octanol–water partition coefficient (Wildman–Crippen LogP) is 3.06. The van der Waals surface area contributed by atoms with Crippen LogP contribution in [0.5, 0.6) is 0 Å². The highest BCUT2D eigenvalue weighted by Gasteiger charge is 2.44. The molecular weight excluding hydrogens is 446 g/mol. The van der Waals surface area contributed by atoms with E-state index < -0.39 is 18.1 Å². The molecule has 3 unspecified atom stereocenters. The monoisotopic (exact) mass is 477 g/mol. The summed E-state index contributed by atoms with van der Waals surface area (Å²) in [6.45, 7) is 1.72. The normalized spacial score (nSPS) is 21.8. The van der Waals surface area contributed by atoms with Crippen LogP contribution in [-0.4, -0.2) is 77.7 Å². The number of carboxylic acid groups (broad SMARTS) is 1. The molecule has 184 valence electrons. The third kappa shape index (κ3) is 4.62. The van der Waals surface area contributed by atoms with Gasteiger partial charge in [-0.3, -0.25) is 9.59 Å². The molecule has 2 N–H and O–H groups in total. The van der Waals surface area contributed by atoms with Crippen LogP contribution in [0.3, 0.4) is 0 Å². The Hall–Kier alpha value is -3.39. The second kappa shape index (κ2) is 9.70. The van der Waals surface area contributed by atoms with E-state index in [9.17, 15) is 19.5 Å². The van der Waals surface area contributed by atoms with Gasteiger partial charge in [0.1, 0.15) is 12.6 Å². The first-order valence-corrected chi connectivity index (χ1v) is 12.3. The molecule has 3 atom stereocenters. The number of ether oxygens (including phenoxy) is 1. The molecule has 35 heavy (non-hydrogen) atoms. The van der Waals surface area contributed by atoms with Gasteiger partial charge in [0.05, 0.1) is 0 Å². The predicted molar refractivity (Wildman–Crippen MR) is 130 cm³/mol. The van der Waals surface area contributed by atoms with Crippen LogP contribution < -0.4 is 5.32 Å². The molecule has 2 saturated heterocycles. The lowest BCUT2D eigenvalue weighted by Gasteiger charge is -2.41. The molecule has 0 aromatic heterocycles. The number of carbonyl (C=O) groups is 3. The number of benzene rings is 2. The summed E-state index contributed by atoms with van der Waals surface area (Å²) in [6.07, 6.45) is 0.985. The van der Waals surface area contributed by atoms with Gasteiger partial charge in [-0.2, -0.15) is 0 Å². The van der Waals surface area contributed by atoms with E-state index in [2.05, 4.69) is 22.3 Å². The van der Waals surface area contributed by atoms with Crippen molar-refractivity contribution in [1.82, 2.24) is 15.1 Å². The maximum atomic E-state index is 13.4. The first-order valence-electron chi connectivity index (χ1n) is 12.3. The highest BCUT2D eigenvalue weighted by Crippen LogP contribution is 2.44. The largest absolute Gasteiger partial charge is 0.481 e. The number of hydrogen-bond donors (Lipinski definition) is 2. The van der Waals surface area contributed by atoms with E-state index in [0.29, 0.717) is 0 Å². The Bertz CT molecular complexity index is 1080. The average molecular weight is 478 g/mol. The van der Waals surface area contributed by atoms with E-state index in [0.717, 1.165) is 48.2 Å². The Morgan fingerprint density at radius 1 is 1.00 bits per heavy atom. The van der Waals surface area contributed by atoms with Gasteiger partial charge in [-0.25, -0.2) is 4.79 Å². The topological polar surface area (TPSA) is 99.2 Å². The number of nitrogens with zero attached hydrogens (tertiary/aromatic N) is 2. The first kappa shape index (κ1) is 23.4. The number of likely N-dealkylation sites (tertiary alicyclic amines) is 1. The van der Waals surface area contributed by atoms with Crippen molar-refractivity contribution in [3.63, 3.8) is 0 Å². The first-order chi connectivity index (χ1) is 16.9. The standard InChI is InChI=1S/C27H31N3O5/c1-29-14-17-10-11-18(15-29)30(17)26(33)24(12-13-25(31)32)28-27(34)35-16-23-21-8-4-2-6-19(21)20-7-3-5-9-22(20)23/h2-9,17-18,23-24H,10-16H2,1H3,(H,28,34)(H,31,32). The Labute approximate surface area is 204 Å². The molecular formula is C27H31N3O5. The maximum absolute atomic E-state index is 13.4. The number of fused-ring (bicyclic) bond motifs is 5. The molecule has 2 aliphatic heterocycles. The highest BCUT2D eigenvalue weighted by molar-refractivity contribution is 5.87. The van der Waals surface area contributed by atoms with E-state index >= 15 is 0 Å². The van der Waals surface area contributed by atoms with E-state index in [1.165, 1.54) is 0 Å². The van der Waals surface area contributed by atoms with Crippen LogP contribution in [0, 0.1) is 0 Å². The van der Waals surface area contributed by atoms with Crippen molar-refractivity contribution in [2.24, 2.45) is 0 Å². The second-order valence-electron chi connectivity index (χ2n) is 9.81. The van der Waals surface area contributed by atoms with Gasteiger partial charge >= 0.3 is 12.1 Å². The lowest BCUT2D eigenvalue weighted by molar-refractivity contribution is -0.140. The summed E-state index contributed by atoms with van der Waals surface area (Å²) in [6, 6.07) is 15.4. The lowest BCUT2D eigenvalue weighted by Crippen LogP contribution is -2.59. The number of alkyl carbamates (subject to hydrolysis) is 1. The fourth-order valence-corrected chi connectivity index (χ4v) is 5.96. The number of carboxylic acids is 1. The fourth-order valence-electron chi connectivity index (χ4n) is 5.96. The summed E-state index contributed by atoms with van der Waals surface area (Å²) < 4.78 is 5.62. The quantitative estimate of drug-likeness (QED) is 0.636. The van der Waals surface area contributed by atoms with Crippen molar-refractivity contribution in [1.29, 1.82) is 0 Å². The van der Waals surface area contributed by atoms with Crippen LogP contribution >= 0.6 is 0 Å². The van der Waals surface area contributed by atoms with Crippen LogP contribution in [0.1, 0.15) is 42.7 Å². The number of amides is 2. The molecule has 5 rings (SSSR count). The van der Waals surface area contributed by atoms with Crippen molar-refractivity contribution >= 4 is 18.0 Å². The molecule has 0 spiro atoms. The van der Waals surface area contributed by atoms with Gasteiger partial charge in [-0.15, -0.1) is 0 Å². The Balaban J connectivity index is 1.27. The molecule has 8 heteroatoms. The fraction of sp³-hybridized carbons (Fsp3) is 0.444. The zero-order valence-corrected chi connectivity index (χ0v) is 19.9. The minimum absolute atomic E-state index is 0.0319. The van der Waals surface area contributed by atoms with Gasteiger partial charge < -0.3 is 25.0 Å². The van der Waals surface area contributed by atoms with Crippen LogP contribution in [-0.2, 0) is 14.3 Å². The summed E-state index contributed by atoms with van der Waals surface area (Å²) >= 11 is 0. The van der Waals surface area contributed by atoms with Crippen molar-refractivity contribution in [2.45, 2.75) is 49.7 Å². The summed E-state index contributed by atoms with van der Waals surface area (Å²) in [5.74, 6) is -1.30. The molecule has 2 heterocycles. The van der Waals surface area contributed by atoms with Gasteiger partial charge in [0, 0.05) is 37.5 Å². The lowest BCUT2D eigenvalue weighted by atomic mass is 9.98. The zero-order chi connectivity index (χ0) is 24.5. The van der Waals surface area contributed by atoms with E-state index in [4.69, 9.17) is 4.74 Å². The molecule has 0 saturated carbocycles. The van der Waals surface area contributed by atoms with Gasteiger partial charge in [0.2, 0.25) is 5.91 Å². The third-order valence-electron chi connectivity index (χ3n) is 7.50. The van der Waals surface area contributed by atoms with Crippen molar-refractivity contribution in [2.75, 3.05) is 26.7 Å². The van der Waals surface area contributed by atoms with Crippen molar-refractivity contribution in [3.05, 3.63) is 59.7 Å². The molecule has 2 aromatic rings. The Kier molecular flexibility index (Phi) is 6.47. The number of nitrogens with one attached hydrogen (secondary N) is 1. The third-order valence-corrected chi connectivity index (χ3v) is 7.50. The van der Waals surface area contributed by atoms with Crippen LogP contribution in [0.4, 0.5) is 4.79 Å². The smallest absolute Gasteiger partial charge is 0.407 e. The number of aliphatic carboxylic acids is 1. The summed E-state index contributed by atoms with van der Waals surface area (Å²) in [5, 5.41) is 11.9. The minimum atomic E-state index is -1.00. The van der Waals surface area contributed by atoms with E-state index in [1.807, 2.05) is 48.3 Å². The zero-order valence-electron chi connectivity index (χ0n) is 19.9. The van der Waals surface area contributed by atoms with Crippen LogP contribution in [0.2, 0.25) is 0 Å². The van der Waals surface area contributed by atoms with Crippen molar-refractivity contribution < 1.29 is 24.2 Å². The molecule has 1 aliphatic carbocycles. The number of rotatable bonds is 7. The van der Waals surface area contributed by atoms with E-state index in [1.54, 1.807) is 0 Å². The Morgan fingerprint density at radius 2 is 1.57 bits per heavy atom. The van der Waals surface area contributed by atoms with Gasteiger partial charge in [0.15, 0.2) is 0 Å². The Morgan fingerprint density at radius 3 is 2.14 bits per heavy atom. The summed E-state index contributed by atoms with van der Waals surface area (Å²) in [4.78, 5) is 41.6. The molecule has 3 aliphatic rings. The van der Waals surface area contributed by atoms with Gasteiger partial charge in [-0.1, -0.05) is 48.5 Å². The van der Waals surface area contributed by atoms with Gasteiger partial charge in [0.25, 0.3) is 0 Å². The minimum Gasteiger partial charge on any atom is -0.481 e. The van der Waals surface area contributed by atoms with E-state index in [-0.39, 0.29) is 43.4 Å². The average Bonchev–Trinajstić information content (AvgIpc) is 3.31. The SMILES string of the molecule is CN1CC2CCC(C1)N2C(=O)C(CCC(=O)O)NC(=O)OCC1c2ccccc2-c2ccccc21.